The first kappa shape index (κ1) is 14.9. The van der Waals surface area contributed by atoms with Crippen molar-refractivity contribution in [3.05, 3.63) is 11.7 Å². The highest BCUT2D eigenvalue weighted by molar-refractivity contribution is 5.76. The number of hydrogen-bond acceptors (Lipinski definition) is 6. The zero-order valence-electron chi connectivity index (χ0n) is 12.3. The van der Waals surface area contributed by atoms with Gasteiger partial charge >= 0.3 is 0 Å². The maximum absolute atomic E-state index is 12.2. The Kier molecular flexibility index (Phi) is 5.08. The van der Waals surface area contributed by atoms with E-state index in [4.69, 9.17) is 9.26 Å². The number of aryl methyl sites for hydroxylation is 1. The van der Waals surface area contributed by atoms with Gasteiger partial charge in [0.05, 0.1) is 0 Å². The van der Waals surface area contributed by atoms with E-state index in [1.165, 1.54) is 0 Å². The summed E-state index contributed by atoms with van der Waals surface area (Å²) in [6, 6.07) is 0.239. The Hall–Kier alpha value is -1.47. The number of piperazine rings is 1. The van der Waals surface area contributed by atoms with Crippen LogP contribution in [-0.2, 0) is 16.0 Å². The van der Waals surface area contributed by atoms with Crippen LogP contribution >= 0.6 is 0 Å². The number of amides is 1. The van der Waals surface area contributed by atoms with Crippen molar-refractivity contribution in [3.63, 3.8) is 0 Å². The van der Waals surface area contributed by atoms with Gasteiger partial charge in [0.25, 0.3) is 0 Å². The molecule has 2 heterocycles. The molecule has 112 valence electrons. The predicted molar refractivity (Wildman–Crippen MR) is 72.1 cm³/mol. The first-order valence-corrected chi connectivity index (χ1v) is 6.97. The third-order valence-electron chi connectivity index (χ3n) is 3.58. The minimum absolute atomic E-state index is 0.138. The quantitative estimate of drug-likeness (QED) is 0.848. The van der Waals surface area contributed by atoms with Crippen LogP contribution in [0.25, 0.3) is 0 Å². The lowest BCUT2D eigenvalue weighted by Gasteiger charge is -2.34. The molecule has 1 unspecified atom stereocenters. The first-order chi connectivity index (χ1) is 9.61. The van der Waals surface area contributed by atoms with E-state index in [9.17, 15) is 4.79 Å². The van der Waals surface area contributed by atoms with Crippen LogP contribution in [0.1, 0.15) is 38.1 Å². The molecule has 0 radical (unpaired) electrons. The topological polar surface area (TPSA) is 80.5 Å². The van der Waals surface area contributed by atoms with E-state index >= 15 is 0 Å². The van der Waals surface area contributed by atoms with E-state index in [2.05, 4.69) is 22.4 Å². The van der Waals surface area contributed by atoms with Crippen molar-refractivity contribution in [2.24, 2.45) is 0 Å². The molecule has 7 nitrogen and oxygen atoms in total. The summed E-state index contributed by atoms with van der Waals surface area (Å²) in [6.07, 6.45) is 0.670. The van der Waals surface area contributed by atoms with Crippen LogP contribution in [0.3, 0.4) is 0 Å². The summed E-state index contributed by atoms with van der Waals surface area (Å²) in [5.41, 5.74) is 0. The summed E-state index contributed by atoms with van der Waals surface area (Å²) in [6.45, 7) is 6.36. The summed E-state index contributed by atoms with van der Waals surface area (Å²) in [7, 11) is 1.59. The van der Waals surface area contributed by atoms with Gasteiger partial charge in [0.2, 0.25) is 11.8 Å². The Morgan fingerprint density at radius 2 is 2.45 bits per heavy atom. The van der Waals surface area contributed by atoms with Gasteiger partial charge in [0, 0.05) is 45.6 Å². The number of rotatable bonds is 5. The van der Waals surface area contributed by atoms with Crippen molar-refractivity contribution in [2.45, 2.75) is 38.8 Å². The molecule has 0 spiro atoms. The molecular weight excluding hydrogens is 260 g/mol. The SMILES string of the molecule is COC(C)c1noc(CCC(=O)N2CCNC[C@@H]2C)n1. The van der Waals surface area contributed by atoms with Crippen LogP contribution < -0.4 is 5.32 Å². The van der Waals surface area contributed by atoms with Crippen molar-refractivity contribution in [3.8, 4) is 0 Å². The van der Waals surface area contributed by atoms with E-state index in [1.807, 2.05) is 11.8 Å². The lowest BCUT2D eigenvalue weighted by Crippen LogP contribution is -2.52. The Labute approximate surface area is 118 Å². The minimum atomic E-state index is -0.198. The Morgan fingerprint density at radius 1 is 1.65 bits per heavy atom. The fourth-order valence-corrected chi connectivity index (χ4v) is 2.21. The molecule has 0 saturated carbocycles. The maximum atomic E-state index is 12.2. The number of methoxy groups -OCH3 is 1. The standard InChI is InChI=1S/C13H22N4O3/c1-9-8-14-6-7-17(9)12(18)5-4-11-15-13(16-20-11)10(2)19-3/h9-10,14H,4-8H2,1-3H3/t9-,10?/m0/s1. The van der Waals surface area contributed by atoms with Crippen molar-refractivity contribution in [1.82, 2.24) is 20.4 Å². The number of ether oxygens (including phenoxy) is 1. The predicted octanol–water partition coefficient (Wildman–Crippen LogP) is 0.530. The van der Waals surface area contributed by atoms with Gasteiger partial charge in [0.15, 0.2) is 5.82 Å². The highest BCUT2D eigenvalue weighted by Gasteiger charge is 2.23. The number of hydrogen-bond donors (Lipinski definition) is 1. The highest BCUT2D eigenvalue weighted by atomic mass is 16.5. The average Bonchev–Trinajstić information content (AvgIpc) is 2.93. The molecule has 1 fully saturated rings. The Balaban J connectivity index is 1.85. The number of carbonyl (C=O) groups is 1. The number of nitrogens with one attached hydrogen (secondary N) is 1. The molecule has 0 aromatic carbocycles. The minimum Gasteiger partial charge on any atom is -0.374 e. The molecule has 7 heteroatoms. The second kappa shape index (κ2) is 6.81. The van der Waals surface area contributed by atoms with Crippen LogP contribution in [0, 0.1) is 0 Å². The zero-order chi connectivity index (χ0) is 14.5. The molecule has 1 aromatic rings. The van der Waals surface area contributed by atoms with Crippen molar-refractivity contribution in [2.75, 3.05) is 26.7 Å². The molecule has 1 aliphatic heterocycles. The van der Waals surface area contributed by atoms with Crippen molar-refractivity contribution >= 4 is 5.91 Å². The van der Waals surface area contributed by atoms with E-state index in [0.717, 1.165) is 19.6 Å². The first-order valence-electron chi connectivity index (χ1n) is 6.97. The van der Waals surface area contributed by atoms with E-state index in [0.29, 0.717) is 24.6 Å². The smallest absolute Gasteiger partial charge is 0.227 e. The van der Waals surface area contributed by atoms with Crippen molar-refractivity contribution < 1.29 is 14.1 Å². The third-order valence-corrected chi connectivity index (χ3v) is 3.58. The third kappa shape index (κ3) is 3.55. The molecule has 20 heavy (non-hydrogen) atoms. The van der Waals surface area contributed by atoms with Gasteiger partial charge < -0.3 is 19.5 Å². The second-order valence-electron chi connectivity index (χ2n) is 5.06. The lowest BCUT2D eigenvalue weighted by atomic mass is 10.2. The van der Waals surface area contributed by atoms with Gasteiger partial charge in [-0.2, -0.15) is 4.98 Å². The zero-order valence-corrected chi connectivity index (χ0v) is 12.3. The van der Waals surface area contributed by atoms with Crippen LogP contribution in [0.15, 0.2) is 4.52 Å². The van der Waals surface area contributed by atoms with Crippen molar-refractivity contribution in [1.29, 1.82) is 0 Å². The molecule has 1 amide bonds. The van der Waals surface area contributed by atoms with Crippen LogP contribution in [0.2, 0.25) is 0 Å². The van der Waals surface area contributed by atoms with Crippen LogP contribution in [-0.4, -0.2) is 53.7 Å². The normalized spacial score (nSPS) is 20.9. The molecular formula is C13H22N4O3. The van der Waals surface area contributed by atoms with Gasteiger partial charge in [-0.25, -0.2) is 0 Å². The largest absolute Gasteiger partial charge is 0.374 e. The number of aromatic nitrogens is 2. The summed E-state index contributed by atoms with van der Waals surface area (Å²) >= 11 is 0. The van der Waals surface area contributed by atoms with Gasteiger partial charge in [-0.3, -0.25) is 4.79 Å². The Morgan fingerprint density at radius 3 is 3.15 bits per heavy atom. The highest BCUT2D eigenvalue weighted by Crippen LogP contribution is 2.13. The van der Waals surface area contributed by atoms with E-state index in [-0.39, 0.29) is 18.1 Å². The maximum Gasteiger partial charge on any atom is 0.227 e. The summed E-state index contributed by atoms with van der Waals surface area (Å²) in [5.74, 6) is 1.14. The molecule has 0 bridgehead atoms. The fourth-order valence-electron chi connectivity index (χ4n) is 2.21. The van der Waals surface area contributed by atoms with Gasteiger partial charge in [-0.05, 0) is 13.8 Å². The molecule has 2 atom stereocenters. The van der Waals surface area contributed by atoms with E-state index < -0.39 is 0 Å². The second-order valence-corrected chi connectivity index (χ2v) is 5.06. The summed E-state index contributed by atoms with van der Waals surface area (Å²) < 4.78 is 10.2. The van der Waals surface area contributed by atoms with Gasteiger partial charge in [-0.15, -0.1) is 0 Å². The molecule has 1 saturated heterocycles. The monoisotopic (exact) mass is 282 g/mol. The van der Waals surface area contributed by atoms with Crippen LogP contribution in [0.5, 0.6) is 0 Å². The van der Waals surface area contributed by atoms with Gasteiger partial charge in [-0.1, -0.05) is 5.16 Å². The number of carbonyl (C=O) groups excluding carboxylic acids is 1. The molecule has 0 aliphatic carbocycles. The average molecular weight is 282 g/mol. The molecule has 1 aliphatic rings. The molecule has 2 rings (SSSR count). The van der Waals surface area contributed by atoms with Crippen LogP contribution in [0.4, 0.5) is 0 Å². The summed E-state index contributed by atoms with van der Waals surface area (Å²) in [4.78, 5) is 18.3. The lowest BCUT2D eigenvalue weighted by molar-refractivity contribution is -0.134. The van der Waals surface area contributed by atoms with Gasteiger partial charge in [0.1, 0.15) is 6.10 Å². The fraction of sp³-hybridized carbons (Fsp3) is 0.769. The molecule has 1 aromatic heterocycles. The van der Waals surface area contributed by atoms with E-state index in [1.54, 1.807) is 7.11 Å². The summed E-state index contributed by atoms with van der Waals surface area (Å²) in [5, 5.41) is 7.11. The number of nitrogens with zero attached hydrogens (tertiary/aromatic N) is 3. The molecule has 1 N–H and O–H groups in total. The Bertz CT molecular complexity index is 449.